The van der Waals surface area contributed by atoms with Crippen LogP contribution in [0.4, 0.5) is 0 Å². The lowest BCUT2D eigenvalue weighted by atomic mass is 9.92. The molecule has 236 valence electrons. The van der Waals surface area contributed by atoms with Gasteiger partial charge in [0.05, 0.1) is 31.5 Å². The summed E-state index contributed by atoms with van der Waals surface area (Å²) in [6, 6.07) is -0.926. The van der Waals surface area contributed by atoms with Gasteiger partial charge in [-0.05, 0) is 19.9 Å². The van der Waals surface area contributed by atoms with Crippen LogP contribution in [0.15, 0.2) is 0 Å². The van der Waals surface area contributed by atoms with Crippen molar-refractivity contribution in [3.8, 4) is 0 Å². The van der Waals surface area contributed by atoms with Gasteiger partial charge in [0.2, 0.25) is 0 Å². The molecule has 14 atom stereocenters. The molecule has 40 heavy (non-hydrogen) atoms. The number of likely N-dealkylation sites (tertiary alicyclic amines) is 1. The maximum atomic E-state index is 11.3. The normalized spacial score (nSPS) is 45.5. The third-order valence-electron chi connectivity index (χ3n) is 7.40. The molecule has 0 bridgehead atoms. The van der Waals surface area contributed by atoms with Gasteiger partial charge in [0.25, 0.3) is 0 Å². The molecule has 0 aliphatic carbocycles. The molecule has 3 fully saturated rings. The minimum absolute atomic E-state index is 0.0279. The van der Waals surface area contributed by atoms with Crippen LogP contribution in [0.5, 0.6) is 0 Å². The third kappa shape index (κ3) is 7.64. The number of hydrogen-bond donors (Lipinski definition) is 9. The number of hydrogen-bond acceptors (Lipinski definition) is 16. The molecule has 18 heteroatoms. The summed E-state index contributed by atoms with van der Waals surface area (Å²) in [5.41, 5.74) is 0. The third-order valence-corrected chi connectivity index (χ3v) is 7.87. The van der Waals surface area contributed by atoms with Crippen molar-refractivity contribution in [2.24, 2.45) is 0 Å². The standard InChI is InChI=1S/C22H41NO16S/c1-3-4-5-23-6-11(26)19(38-21-16(30)15(29)13(27)9(2)35-21)18(10(23)7-24)37-22-17(31)20(39-40(32,33)34)14(28)12(8-25)36-22/h9-22,24-31H,3-8H2,1-2H3,(H,32,33,34)/t9-,10+,11-,12+,13+,14-,15+,16-,17+,18+,19+,20-,21-,22-/m0/s1. The molecule has 3 saturated heterocycles. The van der Waals surface area contributed by atoms with Gasteiger partial charge >= 0.3 is 10.4 Å². The Morgan fingerprint density at radius 3 is 2.02 bits per heavy atom. The molecule has 0 aromatic rings. The largest absolute Gasteiger partial charge is 0.397 e. The summed E-state index contributed by atoms with van der Waals surface area (Å²) in [5, 5.41) is 82.8. The minimum Gasteiger partial charge on any atom is -0.395 e. The Balaban J connectivity index is 1.93. The highest BCUT2D eigenvalue weighted by Gasteiger charge is 2.53. The fraction of sp³-hybridized carbons (Fsp3) is 1.00. The fourth-order valence-corrected chi connectivity index (χ4v) is 5.66. The molecule has 17 nitrogen and oxygen atoms in total. The number of nitrogens with zero attached hydrogens (tertiary/aromatic N) is 1. The maximum absolute atomic E-state index is 11.3. The molecule has 0 unspecified atom stereocenters. The van der Waals surface area contributed by atoms with Gasteiger partial charge < -0.3 is 59.8 Å². The summed E-state index contributed by atoms with van der Waals surface area (Å²) in [6.45, 7) is 2.28. The van der Waals surface area contributed by atoms with Gasteiger partial charge in [-0.15, -0.1) is 0 Å². The van der Waals surface area contributed by atoms with Crippen LogP contribution in [-0.2, 0) is 33.5 Å². The van der Waals surface area contributed by atoms with Crippen LogP contribution in [0.2, 0.25) is 0 Å². The van der Waals surface area contributed by atoms with Crippen LogP contribution in [-0.4, -0.2) is 171 Å². The van der Waals surface area contributed by atoms with Gasteiger partial charge in [-0.3, -0.25) is 9.45 Å². The first-order chi connectivity index (χ1) is 18.7. The van der Waals surface area contributed by atoms with Crippen molar-refractivity contribution >= 4 is 10.4 Å². The number of piperidine rings is 1. The zero-order chi connectivity index (χ0) is 29.9. The predicted octanol–water partition coefficient (Wildman–Crippen LogP) is -4.95. The van der Waals surface area contributed by atoms with Crippen molar-refractivity contribution in [3.05, 3.63) is 0 Å². The lowest BCUT2D eigenvalue weighted by Gasteiger charge is -2.50. The Hall–Kier alpha value is -0.650. The van der Waals surface area contributed by atoms with E-state index in [4.69, 9.17) is 23.5 Å². The molecular weight excluding hydrogens is 566 g/mol. The van der Waals surface area contributed by atoms with E-state index in [0.29, 0.717) is 13.0 Å². The Bertz CT molecular complexity index is 898. The van der Waals surface area contributed by atoms with Gasteiger partial charge in [0, 0.05) is 6.54 Å². The van der Waals surface area contributed by atoms with Crippen molar-refractivity contribution in [3.63, 3.8) is 0 Å². The SMILES string of the molecule is CCCCN1C[C@H](O)[C@@H](O[C@@H]2O[C@@H](C)[C@@H](O)[C@@H](O)[C@@H]2O)[C@H](O[C@@H]2O[C@H](CO)[C@H](O)[C@H](OS(=O)(=O)O)[C@H]2O)[C@H]1CO. The zero-order valence-corrected chi connectivity index (χ0v) is 22.9. The molecule has 9 N–H and O–H groups in total. The van der Waals surface area contributed by atoms with Crippen molar-refractivity contribution in [1.82, 2.24) is 4.90 Å². The first-order valence-corrected chi connectivity index (χ1v) is 14.4. The molecule has 3 aliphatic heterocycles. The Labute approximate surface area is 231 Å². The van der Waals surface area contributed by atoms with E-state index < -0.39 is 109 Å². The Morgan fingerprint density at radius 1 is 0.825 bits per heavy atom. The van der Waals surface area contributed by atoms with E-state index in [2.05, 4.69) is 4.18 Å². The van der Waals surface area contributed by atoms with Gasteiger partial charge in [0.1, 0.15) is 54.9 Å². The van der Waals surface area contributed by atoms with Crippen molar-refractivity contribution in [1.29, 1.82) is 0 Å². The summed E-state index contributed by atoms with van der Waals surface area (Å²) in [5.74, 6) is 0. The highest BCUT2D eigenvalue weighted by Crippen LogP contribution is 2.33. The quantitative estimate of drug-likeness (QED) is 0.0996. The van der Waals surface area contributed by atoms with Gasteiger partial charge in [-0.1, -0.05) is 13.3 Å². The summed E-state index contributed by atoms with van der Waals surface area (Å²) in [6.07, 6.45) is -19.5. The van der Waals surface area contributed by atoms with Gasteiger partial charge in [-0.25, -0.2) is 4.18 Å². The number of β-amino-alcohol motifs (C(OH)–C–C–N with tert-alkyl or cyclic N) is 1. The maximum Gasteiger partial charge on any atom is 0.397 e. The number of aliphatic hydroxyl groups is 8. The summed E-state index contributed by atoms with van der Waals surface area (Å²) in [7, 11) is -5.19. The second kappa shape index (κ2) is 14.2. The monoisotopic (exact) mass is 607 g/mol. The Kier molecular flexibility index (Phi) is 12.0. The van der Waals surface area contributed by atoms with E-state index in [0.717, 1.165) is 6.42 Å². The van der Waals surface area contributed by atoms with Gasteiger partial charge in [-0.2, -0.15) is 8.42 Å². The van der Waals surface area contributed by atoms with Crippen LogP contribution in [0.1, 0.15) is 26.7 Å². The molecule has 3 aliphatic rings. The van der Waals surface area contributed by atoms with E-state index in [9.17, 15) is 49.3 Å². The van der Waals surface area contributed by atoms with Crippen LogP contribution in [0.25, 0.3) is 0 Å². The van der Waals surface area contributed by atoms with Crippen LogP contribution in [0, 0.1) is 0 Å². The molecule has 0 spiro atoms. The number of ether oxygens (including phenoxy) is 4. The van der Waals surface area contributed by atoms with E-state index in [1.165, 1.54) is 6.92 Å². The number of unbranched alkanes of at least 4 members (excludes halogenated alkanes) is 1. The lowest BCUT2D eigenvalue weighted by Crippen LogP contribution is -2.68. The van der Waals surface area contributed by atoms with Crippen molar-refractivity contribution in [2.75, 3.05) is 26.3 Å². The summed E-state index contributed by atoms with van der Waals surface area (Å²) < 4.78 is 58.9. The average molecular weight is 608 g/mol. The van der Waals surface area contributed by atoms with E-state index >= 15 is 0 Å². The zero-order valence-electron chi connectivity index (χ0n) is 22.1. The van der Waals surface area contributed by atoms with Gasteiger partial charge in [0.15, 0.2) is 12.6 Å². The highest BCUT2D eigenvalue weighted by molar-refractivity contribution is 7.80. The second-order valence-electron chi connectivity index (χ2n) is 10.2. The molecule has 3 heterocycles. The molecule has 0 aromatic carbocycles. The lowest BCUT2D eigenvalue weighted by molar-refractivity contribution is -0.354. The molecule has 0 amide bonds. The molecule has 3 rings (SSSR count). The van der Waals surface area contributed by atoms with E-state index in [-0.39, 0.29) is 6.54 Å². The molecule has 0 aromatic heterocycles. The fourth-order valence-electron chi connectivity index (χ4n) is 5.15. The topological polar surface area (TPSA) is 266 Å². The summed E-state index contributed by atoms with van der Waals surface area (Å²) >= 11 is 0. The van der Waals surface area contributed by atoms with Crippen LogP contribution >= 0.6 is 0 Å². The predicted molar refractivity (Wildman–Crippen MR) is 130 cm³/mol. The number of rotatable bonds is 11. The first kappa shape index (κ1) is 33.8. The number of aliphatic hydroxyl groups excluding tert-OH is 8. The molecule has 0 saturated carbocycles. The summed E-state index contributed by atoms with van der Waals surface area (Å²) in [4.78, 5) is 1.69. The molecular formula is C22H41NO16S. The van der Waals surface area contributed by atoms with Crippen molar-refractivity contribution in [2.45, 2.75) is 112 Å². The van der Waals surface area contributed by atoms with E-state index in [1.54, 1.807) is 4.90 Å². The highest BCUT2D eigenvalue weighted by atomic mass is 32.3. The first-order valence-electron chi connectivity index (χ1n) is 13.1. The van der Waals surface area contributed by atoms with Crippen molar-refractivity contribution < 1.29 is 77.0 Å². The van der Waals surface area contributed by atoms with Crippen LogP contribution in [0.3, 0.4) is 0 Å². The van der Waals surface area contributed by atoms with E-state index in [1.807, 2.05) is 6.92 Å². The Morgan fingerprint density at radius 2 is 1.45 bits per heavy atom. The minimum atomic E-state index is -5.19. The van der Waals surface area contributed by atoms with Crippen LogP contribution < -0.4 is 0 Å². The second-order valence-corrected chi connectivity index (χ2v) is 11.3. The average Bonchev–Trinajstić information content (AvgIpc) is 2.89. The molecule has 0 radical (unpaired) electrons. The smallest absolute Gasteiger partial charge is 0.395 e.